The Labute approximate surface area is 180 Å². The molecule has 1 atom stereocenters. The molecule has 1 unspecified atom stereocenters. The number of benzene rings is 1. The standard InChI is InChI=1S/C19H31N3O3S.HI/c1-3-17(15-26(23,24)18-8-5-4-6-9-18)22-19(20-2)21-12-7-13-25-14-16-10-11-16;/h4-6,8-9,16-17H,3,7,10-15H2,1-2H3,(H2,20,21,22);1H. The number of sulfone groups is 1. The van der Waals surface area contributed by atoms with Crippen LogP contribution in [0.5, 0.6) is 0 Å². The summed E-state index contributed by atoms with van der Waals surface area (Å²) in [5, 5.41) is 6.44. The number of rotatable bonds is 11. The van der Waals surface area contributed by atoms with Crippen LogP contribution in [0.1, 0.15) is 32.6 Å². The van der Waals surface area contributed by atoms with E-state index in [1.54, 1.807) is 31.3 Å². The van der Waals surface area contributed by atoms with E-state index in [9.17, 15) is 8.42 Å². The van der Waals surface area contributed by atoms with Crippen molar-refractivity contribution in [3.63, 3.8) is 0 Å². The third kappa shape index (κ3) is 9.25. The zero-order valence-electron chi connectivity index (χ0n) is 16.2. The molecule has 0 aromatic heterocycles. The lowest BCUT2D eigenvalue weighted by Gasteiger charge is -2.20. The molecule has 1 fully saturated rings. The van der Waals surface area contributed by atoms with E-state index in [0.717, 1.165) is 32.1 Å². The smallest absolute Gasteiger partial charge is 0.191 e. The maximum Gasteiger partial charge on any atom is 0.191 e. The number of ether oxygens (including phenoxy) is 1. The van der Waals surface area contributed by atoms with E-state index in [1.165, 1.54) is 12.8 Å². The first-order chi connectivity index (χ1) is 12.5. The molecule has 1 aliphatic rings. The quantitative estimate of drug-likeness (QED) is 0.208. The fraction of sp³-hybridized carbons (Fsp3) is 0.632. The largest absolute Gasteiger partial charge is 0.381 e. The van der Waals surface area contributed by atoms with Crippen LogP contribution in [-0.2, 0) is 14.6 Å². The van der Waals surface area contributed by atoms with Crippen molar-refractivity contribution >= 4 is 39.8 Å². The van der Waals surface area contributed by atoms with E-state index in [1.807, 2.05) is 13.0 Å². The molecule has 2 N–H and O–H groups in total. The molecule has 154 valence electrons. The Morgan fingerprint density at radius 2 is 2.00 bits per heavy atom. The van der Waals surface area contributed by atoms with E-state index in [-0.39, 0.29) is 35.8 Å². The van der Waals surface area contributed by atoms with Crippen LogP contribution < -0.4 is 10.6 Å². The Bertz CT molecular complexity index is 664. The van der Waals surface area contributed by atoms with Gasteiger partial charge in [-0.15, -0.1) is 24.0 Å². The van der Waals surface area contributed by atoms with E-state index in [0.29, 0.717) is 17.3 Å². The highest BCUT2D eigenvalue weighted by Gasteiger charge is 2.21. The molecule has 1 aliphatic carbocycles. The van der Waals surface area contributed by atoms with Gasteiger partial charge in [-0.2, -0.15) is 0 Å². The van der Waals surface area contributed by atoms with E-state index in [4.69, 9.17) is 4.74 Å². The van der Waals surface area contributed by atoms with E-state index < -0.39 is 9.84 Å². The predicted octanol–water partition coefficient (Wildman–Crippen LogP) is 2.84. The first-order valence-corrected chi connectivity index (χ1v) is 11.0. The van der Waals surface area contributed by atoms with Gasteiger partial charge in [0.25, 0.3) is 0 Å². The lowest BCUT2D eigenvalue weighted by atomic mass is 10.2. The van der Waals surface area contributed by atoms with Gasteiger partial charge in [-0.3, -0.25) is 4.99 Å². The Hall–Kier alpha value is -0.870. The fourth-order valence-corrected chi connectivity index (χ4v) is 4.17. The van der Waals surface area contributed by atoms with Crippen LogP contribution in [-0.4, -0.2) is 53.0 Å². The van der Waals surface area contributed by atoms with E-state index >= 15 is 0 Å². The van der Waals surface area contributed by atoms with Crippen LogP contribution in [0.4, 0.5) is 0 Å². The molecule has 1 aromatic rings. The highest BCUT2D eigenvalue weighted by atomic mass is 127. The fourth-order valence-electron chi connectivity index (χ4n) is 2.55. The van der Waals surface area contributed by atoms with Crippen LogP contribution in [0.3, 0.4) is 0 Å². The second kappa shape index (κ2) is 12.6. The molecule has 0 bridgehead atoms. The molecule has 0 amide bonds. The first kappa shape index (κ1) is 24.2. The third-order valence-corrected chi connectivity index (χ3v) is 6.22. The molecule has 0 aliphatic heterocycles. The average Bonchev–Trinajstić information content (AvgIpc) is 3.47. The van der Waals surface area contributed by atoms with Crippen molar-refractivity contribution in [3.8, 4) is 0 Å². The molecule has 27 heavy (non-hydrogen) atoms. The Kier molecular flexibility index (Phi) is 11.2. The van der Waals surface area contributed by atoms with Gasteiger partial charge in [-0.25, -0.2) is 8.42 Å². The number of nitrogens with one attached hydrogen (secondary N) is 2. The van der Waals surface area contributed by atoms with Crippen molar-refractivity contribution in [2.24, 2.45) is 10.9 Å². The summed E-state index contributed by atoms with van der Waals surface area (Å²) in [4.78, 5) is 4.55. The summed E-state index contributed by atoms with van der Waals surface area (Å²) in [7, 11) is -1.63. The predicted molar refractivity (Wildman–Crippen MR) is 121 cm³/mol. The summed E-state index contributed by atoms with van der Waals surface area (Å²) in [5.41, 5.74) is 0. The molecule has 1 saturated carbocycles. The molecule has 0 radical (unpaired) electrons. The normalized spacial score (nSPS) is 15.7. The van der Waals surface area contributed by atoms with Crippen molar-refractivity contribution in [2.75, 3.05) is 32.6 Å². The monoisotopic (exact) mass is 509 g/mol. The zero-order valence-corrected chi connectivity index (χ0v) is 19.3. The average molecular weight is 509 g/mol. The molecule has 6 nitrogen and oxygen atoms in total. The zero-order chi connectivity index (χ0) is 18.8. The van der Waals surface area contributed by atoms with Gasteiger partial charge < -0.3 is 15.4 Å². The SMILES string of the molecule is CCC(CS(=O)(=O)c1ccccc1)NC(=NC)NCCCOCC1CC1.I. The summed E-state index contributed by atoms with van der Waals surface area (Å²) in [6, 6.07) is 8.38. The highest BCUT2D eigenvalue weighted by Crippen LogP contribution is 2.28. The molecule has 0 heterocycles. The van der Waals surface area contributed by atoms with Crippen molar-refractivity contribution in [1.82, 2.24) is 10.6 Å². The van der Waals surface area contributed by atoms with Gasteiger partial charge in [0.1, 0.15) is 0 Å². The molecule has 1 aromatic carbocycles. The van der Waals surface area contributed by atoms with Gasteiger partial charge >= 0.3 is 0 Å². The Morgan fingerprint density at radius 1 is 1.30 bits per heavy atom. The molecule has 0 spiro atoms. The number of hydrogen-bond acceptors (Lipinski definition) is 4. The number of guanidine groups is 1. The summed E-state index contributed by atoms with van der Waals surface area (Å²) in [6.45, 7) is 4.33. The molecule has 0 saturated heterocycles. The van der Waals surface area contributed by atoms with Crippen LogP contribution in [0, 0.1) is 5.92 Å². The van der Waals surface area contributed by atoms with Crippen molar-refractivity contribution in [2.45, 2.75) is 43.5 Å². The third-order valence-electron chi connectivity index (χ3n) is 4.39. The van der Waals surface area contributed by atoms with Gasteiger partial charge in [0.15, 0.2) is 15.8 Å². The van der Waals surface area contributed by atoms with Gasteiger partial charge in [0.05, 0.1) is 10.6 Å². The summed E-state index contributed by atoms with van der Waals surface area (Å²) in [6.07, 6.45) is 4.20. The minimum Gasteiger partial charge on any atom is -0.381 e. The Balaban J connectivity index is 0.00000364. The summed E-state index contributed by atoms with van der Waals surface area (Å²) < 4.78 is 30.7. The highest BCUT2D eigenvalue weighted by molar-refractivity contribution is 14.0. The molecule has 2 rings (SSSR count). The Morgan fingerprint density at radius 3 is 2.59 bits per heavy atom. The summed E-state index contributed by atoms with van der Waals surface area (Å²) in [5.74, 6) is 1.45. The number of aliphatic imine (C=N–C) groups is 1. The lowest BCUT2D eigenvalue weighted by Crippen LogP contribution is -2.46. The topological polar surface area (TPSA) is 79.8 Å². The van der Waals surface area contributed by atoms with Crippen LogP contribution in [0.2, 0.25) is 0 Å². The van der Waals surface area contributed by atoms with Crippen LogP contribution >= 0.6 is 24.0 Å². The maximum absolute atomic E-state index is 12.5. The molecular formula is C19H32IN3O3S. The van der Waals surface area contributed by atoms with Gasteiger partial charge in [-0.05, 0) is 43.7 Å². The minimum absolute atomic E-state index is 0. The molecule has 8 heteroatoms. The van der Waals surface area contributed by atoms with Gasteiger partial charge in [0.2, 0.25) is 0 Å². The molecular weight excluding hydrogens is 477 g/mol. The van der Waals surface area contributed by atoms with Crippen molar-refractivity contribution in [1.29, 1.82) is 0 Å². The van der Waals surface area contributed by atoms with Gasteiger partial charge in [-0.1, -0.05) is 25.1 Å². The lowest BCUT2D eigenvalue weighted by molar-refractivity contribution is 0.123. The van der Waals surface area contributed by atoms with Crippen molar-refractivity contribution in [3.05, 3.63) is 30.3 Å². The number of halogens is 1. The number of nitrogens with zero attached hydrogens (tertiary/aromatic N) is 1. The second-order valence-electron chi connectivity index (χ2n) is 6.71. The first-order valence-electron chi connectivity index (χ1n) is 9.38. The summed E-state index contributed by atoms with van der Waals surface area (Å²) >= 11 is 0. The van der Waals surface area contributed by atoms with Gasteiger partial charge in [0, 0.05) is 32.8 Å². The van der Waals surface area contributed by atoms with Crippen molar-refractivity contribution < 1.29 is 13.2 Å². The van der Waals surface area contributed by atoms with Crippen LogP contribution in [0.25, 0.3) is 0 Å². The second-order valence-corrected chi connectivity index (χ2v) is 8.75. The number of hydrogen-bond donors (Lipinski definition) is 2. The van der Waals surface area contributed by atoms with Crippen LogP contribution in [0.15, 0.2) is 40.2 Å². The van der Waals surface area contributed by atoms with E-state index in [2.05, 4.69) is 15.6 Å². The maximum atomic E-state index is 12.5. The minimum atomic E-state index is -3.33.